The first-order valence-corrected chi connectivity index (χ1v) is 5.60. The molecule has 0 bridgehead atoms. The minimum absolute atomic E-state index is 0.311. The van der Waals surface area contributed by atoms with Crippen molar-refractivity contribution in [1.29, 1.82) is 0 Å². The van der Waals surface area contributed by atoms with Gasteiger partial charge < -0.3 is 5.73 Å². The number of aromatic nitrogens is 3. The molecule has 0 aliphatic heterocycles. The highest BCUT2D eigenvalue weighted by Gasteiger charge is 2.51. The summed E-state index contributed by atoms with van der Waals surface area (Å²) in [7, 11) is 0. The normalized spacial score (nSPS) is 17.0. The molecule has 2 N–H and O–H groups in total. The van der Waals surface area contributed by atoms with E-state index in [2.05, 4.69) is 15.2 Å². The maximum atomic E-state index is 11.4. The number of rotatable bonds is 2. The first-order chi connectivity index (χ1) is 8.13. The third kappa shape index (κ3) is 1.46. The smallest absolute Gasteiger partial charge is 0.229 e. The van der Waals surface area contributed by atoms with Gasteiger partial charge in [0.2, 0.25) is 5.91 Å². The van der Waals surface area contributed by atoms with Crippen LogP contribution in [0.25, 0.3) is 10.9 Å². The van der Waals surface area contributed by atoms with Crippen LogP contribution in [-0.4, -0.2) is 21.1 Å². The minimum atomic E-state index is -0.614. The number of pyridine rings is 1. The molecule has 0 spiro atoms. The highest BCUT2D eigenvalue weighted by molar-refractivity contribution is 6.33. The van der Waals surface area contributed by atoms with Gasteiger partial charge in [-0.05, 0) is 25.0 Å². The Hall–Kier alpha value is -1.75. The van der Waals surface area contributed by atoms with Gasteiger partial charge in [0.1, 0.15) is 5.52 Å². The number of primary amides is 1. The number of carbonyl (C=O) groups is 1. The number of hydrogen-bond acceptors (Lipinski definition) is 4. The molecule has 2 heterocycles. The molecule has 17 heavy (non-hydrogen) atoms. The highest BCUT2D eigenvalue weighted by Crippen LogP contribution is 2.47. The molecular formula is C11H9ClN4O. The largest absolute Gasteiger partial charge is 0.369 e. The van der Waals surface area contributed by atoms with Gasteiger partial charge in [-0.15, -0.1) is 5.10 Å². The molecule has 1 aliphatic rings. The lowest BCUT2D eigenvalue weighted by molar-refractivity contribution is -0.120. The molecule has 2 aromatic rings. The van der Waals surface area contributed by atoms with Gasteiger partial charge in [0.15, 0.2) is 5.15 Å². The number of amides is 1. The van der Waals surface area contributed by atoms with E-state index < -0.39 is 5.41 Å². The summed E-state index contributed by atoms with van der Waals surface area (Å²) in [6, 6.07) is 3.60. The van der Waals surface area contributed by atoms with E-state index >= 15 is 0 Å². The van der Waals surface area contributed by atoms with Crippen LogP contribution in [0, 0.1) is 0 Å². The van der Waals surface area contributed by atoms with E-state index in [4.69, 9.17) is 17.3 Å². The first kappa shape index (κ1) is 10.4. The van der Waals surface area contributed by atoms with E-state index in [1.165, 1.54) is 0 Å². The average Bonchev–Trinajstić information content (AvgIpc) is 3.10. The molecule has 6 heteroatoms. The molecule has 0 aromatic carbocycles. The number of hydrogen-bond donors (Lipinski definition) is 1. The third-order valence-electron chi connectivity index (χ3n) is 3.17. The third-order valence-corrected chi connectivity index (χ3v) is 3.45. The number of fused-ring (bicyclic) bond motifs is 1. The van der Waals surface area contributed by atoms with Crippen LogP contribution >= 0.6 is 11.6 Å². The monoisotopic (exact) mass is 248 g/mol. The van der Waals surface area contributed by atoms with Crippen LogP contribution in [0.3, 0.4) is 0 Å². The van der Waals surface area contributed by atoms with E-state index in [1.807, 2.05) is 6.07 Å². The fraction of sp³-hybridized carbons (Fsp3) is 0.273. The Morgan fingerprint density at radius 2 is 2.18 bits per heavy atom. The number of nitrogens with two attached hydrogens (primary N) is 1. The Morgan fingerprint density at radius 1 is 1.41 bits per heavy atom. The molecule has 86 valence electrons. The first-order valence-electron chi connectivity index (χ1n) is 5.22. The van der Waals surface area contributed by atoms with Crippen molar-refractivity contribution < 1.29 is 4.79 Å². The Labute approximate surface area is 102 Å². The lowest BCUT2D eigenvalue weighted by atomic mass is 10.0. The molecule has 1 aliphatic carbocycles. The van der Waals surface area contributed by atoms with E-state index in [1.54, 1.807) is 12.3 Å². The van der Waals surface area contributed by atoms with Gasteiger partial charge >= 0.3 is 0 Å². The molecule has 1 amide bonds. The van der Waals surface area contributed by atoms with Gasteiger partial charge in [0.25, 0.3) is 0 Å². The Morgan fingerprint density at radius 3 is 2.82 bits per heavy atom. The zero-order valence-corrected chi connectivity index (χ0v) is 9.61. The standard InChI is InChI=1S/C11H9ClN4O/c12-9-8-6(1-4-14-9)5-7(15-16-8)11(2-3-11)10(13)17/h1,4-5H,2-3H2,(H2,13,17). The molecule has 1 saturated carbocycles. The molecule has 2 aromatic heterocycles. The van der Waals surface area contributed by atoms with Crippen molar-refractivity contribution >= 4 is 28.4 Å². The van der Waals surface area contributed by atoms with E-state index in [-0.39, 0.29) is 5.91 Å². The van der Waals surface area contributed by atoms with Crippen molar-refractivity contribution in [3.8, 4) is 0 Å². The summed E-state index contributed by atoms with van der Waals surface area (Å²) in [4.78, 5) is 15.3. The van der Waals surface area contributed by atoms with Crippen LogP contribution in [0.4, 0.5) is 0 Å². The van der Waals surface area contributed by atoms with Crippen LogP contribution in [0.15, 0.2) is 18.3 Å². The lowest BCUT2D eigenvalue weighted by Crippen LogP contribution is -2.29. The van der Waals surface area contributed by atoms with Crippen LogP contribution in [0.2, 0.25) is 5.15 Å². The SMILES string of the molecule is NC(=O)C1(c2cc3ccnc(Cl)c3nn2)CC1. The van der Waals surface area contributed by atoms with Gasteiger partial charge in [-0.3, -0.25) is 4.79 Å². The van der Waals surface area contributed by atoms with Crippen molar-refractivity contribution in [2.45, 2.75) is 18.3 Å². The number of nitrogens with zero attached hydrogens (tertiary/aromatic N) is 3. The van der Waals surface area contributed by atoms with Crippen molar-refractivity contribution in [1.82, 2.24) is 15.2 Å². The Bertz CT molecular complexity index is 624. The number of carbonyl (C=O) groups excluding carboxylic acids is 1. The summed E-state index contributed by atoms with van der Waals surface area (Å²) >= 11 is 5.90. The maximum absolute atomic E-state index is 11.4. The van der Waals surface area contributed by atoms with Crippen LogP contribution in [-0.2, 0) is 10.2 Å². The minimum Gasteiger partial charge on any atom is -0.369 e. The molecule has 0 saturated heterocycles. The summed E-state index contributed by atoms with van der Waals surface area (Å²) < 4.78 is 0. The zero-order chi connectivity index (χ0) is 12.0. The molecule has 0 atom stereocenters. The molecule has 5 nitrogen and oxygen atoms in total. The maximum Gasteiger partial charge on any atom is 0.229 e. The van der Waals surface area contributed by atoms with E-state index in [0.29, 0.717) is 16.4 Å². The van der Waals surface area contributed by atoms with E-state index in [0.717, 1.165) is 18.2 Å². The molecule has 0 unspecified atom stereocenters. The van der Waals surface area contributed by atoms with Crippen molar-refractivity contribution in [3.05, 3.63) is 29.2 Å². The van der Waals surface area contributed by atoms with Crippen LogP contribution < -0.4 is 5.73 Å². The van der Waals surface area contributed by atoms with Gasteiger partial charge in [-0.1, -0.05) is 11.6 Å². The summed E-state index contributed by atoms with van der Waals surface area (Å²) in [6.07, 6.45) is 3.07. The van der Waals surface area contributed by atoms with Gasteiger partial charge in [-0.2, -0.15) is 5.10 Å². The summed E-state index contributed by atoms with van der Waals surface area (Å²) in [5.41, 5.74) is 5.94. The van der Waals surface area contributed by atoms with Gasteiger partial charge in [-0.25, -0.2) is 4.98 Å². The molecule has 1 fully saturated rings. The molecule has 0 radical (unpaired) electrons. The van der Waals surface area contributed by atoms with Crippen LogP contribution in [0.5, 0.6) is 0 Å². The Balaban J connectivity index is 2.18. The summed E-state index contributed by atoms with van der Waals surface area (Å²) in [6.45, 7) is 0. The predicted octanol–water partition coefficient (Wildman–Crippen LogP) is 1.20. The average molecular weight is 249 g/mol. The quantitative estimate of drug-likeness (QED) is 0.810. The summed E-state index contributed by atoms with van der Waals surface area (Å²) in [5.74, 6) is -0.341. The van der Waals surface area contributed by atoms with Gasteiger partial charge in [0, 0.05) is 11.6 Å². The molecule has 3 rings (SSSR count). The fourth-order valence-corrected chi connectivity index (χ4v) is 2.13. The fourth-order valence-electron chi connectivity index (χ4n) is 1.93. The van der Waals surface area contributed by atoms with E-state index in [9.17, 15) is 4.79 Å². The van der Waals surface area contributed by atoms with Gasteiger partial charge in [0.05, 0.1) is 11.1 Å². The van der Waals surface area contributed by atoms with Crippen molar-refractivity contribution in [2.24, 2.45) is 5.73 Å². The van der Waals surface area contributed by atoms with Crippen LogP contribution in [0.1, 0.15) is 18.5 Å². The predicted molar refractivity (Wildman–Crippen MR) is 62.4 cm³/mol. The number of halogens is 1. The highest BCUT2D eigenvalue weighted by atomic mass is 35.5. The summed E-state index contributed by atoms with van der Waals surface area (Å²) in [5, 5.41) is 9.20. The zero-order valence-electron chi connectivity index (χ0n) is 8.85. The Kier molecular flexibility index (Phi) is 2.06. The van der Waals surface area contributed by atoms with Crippen molar-refractivity contribution in [2.75, 3.05) is 0 Å². The lowest BCUT2D eigenvalue weighted by Gasteiger charge is -2.09. The van der Waals surface area contributed by atoms with Crippen molar-refractivity contribution in [3.63, 3.8) is 0 Å². The second-order valence-corrected chi connectivity index (χ2v) is 4.57. The molecular weight excluding hydrogens is 240 g/mol. The topological polar surface area (TPSA) is 81.8 Å². The second-order valence-electron chi connectivity index (χ2n) is 4.22. The second kappa shape index (κ2) is 3.37.